The number of nitrogens with zero attached hydrogens (tertiary/aromatic N) is 2. The SMILES string of the molecule is O=C(NCc1ccccc1)Nc1ccc(N2CCN(C(=O)C3c4ccccc4Oc4ccccc43)CC2)cc1. The summed E-state index contributed by atoms with van der Waals surface area (Å²) >= 11 is 0. The Morgan fingerprint density at radius 3 is 1.95 bits per heavy atom. The van der Waals surface area contributed by atoms with Crippen LogP contribution in [0.2, 0.25) is 0 Å². The van der Waals surface area contributed by atoms with Crippen molar-refractivity contribution >= 4 is 23.3 Å². The maximum absolute atomic E-state index is 13.8. The Bertz CT molecular complexity index is 1420. The molecule has 3 amide bonds. The van der Waals surface area contributed by atoms with Crippen molar-refractivity contribution in [1.29, 1.82) is 0 Å². The minimum atomic E-state index is -0.365. The first kappa shape index (κ1) is 24.6. The van der Waals surface area contributed by atoms with Crippen molar-refractivity contribution in [2.24, 2.45) is 0 Å². The molecule has 4 aromatic carbocycles. The number of ether oxygens (including phenoxy) is 1. The number of hydrogen-bond donors (Lipinski definition) is 2. The van der Waals surface area contributed by atoms with Crippen LogP contribution in [-0.4, -0.2) is 43.0 Å². The summed E-state index contributed by atoms with van der Waals surface area (Å²) in [5, 5.41) is 5.76. The van der Waals surface area contributed by atoms with E-state index in [4.69, 9.17) is 4.74 Å². The number of anilines is 2. The van der Waals surface area contributed by atoms with Gasteiger partial charge in [0, 0.05) is 55.2 Å². The van der Waals surface area contributed by atoms with Crippen LogP contribution in [0, 0.1) is 0 Å². The molecular weight excluding hydrogens is 488 g/mol. The van der Waals surface area contributed by atoms with Gasteiger partial charge in [-0.25, -0.2) is 4.79 Å². The number of fused-ring (bicyclic) bond motifs is 2. The summed E-state index contributed by atoms with van der Waals surface area (Å²) in [5.74, 6) is 1.24. The van der Waals surface area contributed by atoms with E-state index in [-0.39, 0.29) is 17.9 Å². The van der Waals surface area contributed by atoms with E-state index in [9.17, 15) is 9.59 Å². The van der Waals surface area contributed by atoms with Gasteiger partial charge >= 0.3 is 6.03 Å². The van der Waals surface area contributed by atoms with Gasteiger partial charge in [0.15, 0.2) is 0 Å². The van der Waals surface area contributed by atoms with Crippen LogP contribution in [0.5, 0.6) is 11.5 Å². The monoisotopic (exact) mass is 518 g/mol. The van der Waals surface area contributed by atoms with Crippen molar-refractivity contribution in [2.75, 3.05) is 36.4 Å². The van der Waals surface area contributed by atoms with Gasteiger partial charge in [0.05, 0.1) is 5.92 Å². The van der Waals surface area contributed by atoms with Crippen molar-refractivity contribution in [3.63, 3.8) is 0 Å². The average Bonchev–Trinajstić information content (AvgIpc) is 2.99. The molecule has 0 radical (unpaired) electrons. The number of rotatable bonds is 5. The Kier molecular flexibility index (Phi) is 6.87. The maximum atomic E-state index is 13.8. The maximum Gasteiger partial charge on any atom is 0.319 e. The van der Waals surface area contributed by atoms with Gasteiger partial charge in [-0.05, 0) is 42.0 Å². The number of benzene rings is 4. The first-order valence-corrected chi connectivity index (χ1v) is 13.2. The van der Waals surface area contributed by atoms with Gasteiger partial charge in [-0.3, -0.25) is 4.79 Å². The first-order valence-electron chi connectivity index (χ1n) is 13.2. The zero-order valence-electron chi connectivity index (χ0n) is 21.5. The van der Waals surface area contributed by atoms with Crippen LogP contribution in [0.25, 0.3) is 0 Å². The van der Waals surface area contributed by atoms with Crippen molar-refractivity contribution in [3.8, 4) is 11.5 Å². The minimum absolute atomic E-state index is 0.110. The van der Waals surface area contributed by atoms with Gasteiger partial charge in [-0.15, -0.1) is 0 Å². The number of nitrogens with one attached hydrogen (secondary N) is 2. The fourth-order valence-electron chi connectivity index (χ4n) is 5.25. The lowest BCUT2D eigenvalue weighted by molar-refractivity contribution is -0.132. The molecule has 7 heteroatoms. The lowest BCUT2D eigenvalue weighted by Gasteiger charge is -2.38. The Labute approximate surface area is 228 Å². The summed E-state index contributed by atoms with van der Waals surface area (Å²) in [7, 11) is 0. The van der Waals surface area contributed by atoms with Crippen molar-refractivity contribution in [2.45, 2.75) is 12.5 Å². The van der Waals surface area contributed by atoms with E-state index < -0.39 is 0 Å². The van der Waals surface area contributed by atoms with Crippen molar-refractivity contribution in [3.05, 3.63) is 120 Å². The molecule has 2 aliphatic heterocycles. The lowest BCUT2D eigenvalue weighted by atomic mass is 9.86. The summed E-state index contributed by atoms with van der Waals surface area (Å²) < 4.78 is 6.08. The molecule has 0 saturated carbocycles. The summed E-state index contributed by atoms with van der Waals surface area (Å²) in [5.41, 5.74) is 4.68. The fraction of sp³-hybridized carbons (Fsp3) is 0.188. The number of para-hydroxylation sites is 2. The minimum Gasteiger partial charge on any atom is -0.457 e. The van der Waals surface area contributed by atoms with Crippen LogP contribution in [0.15, 0.2) is 103 Å². The molecule has 0 unspecified atom stereocenters. The van der Waals surface area contributed by atoms with Gasteiger partial charge < -0.3 is 25.2 Å². The first-order chi connectivity index (χ1) is 19.2. The van der Waals surface area contributed by atoms with Crippen LogP contribution in [0.3, 0.4) is 0 Å². The number of carbonyl (C=O) groups is 2. The molecule has 0 aromatic heterocycles. The molecule has 7 nitrogen and oxygen atoms in total. The summed E-state index contributed by atoms with van der Waals surface area (Å²) in [6.45, 7) is 3.23. The average molecular weight is 519 g/mol. The molecule has 2 aliphatic rings. The molecule has 4 aromatic rings. The van der Waals surface area contributed by atoms with Gasteiger partial charge in [0.2, 0.25) is 5.91 Å². The molecule has 2 heterocycles. The molecule has 0 bridgehead atoms. The van der Waals surface area contributed by atoms with E-state index in [0.29, 0.717) is 19.6 Å². The van der Waals surface area contributed by atoms with E-state index in [0.717, 1.165) is 52.7 Å². The summed E-state index contributed by atoms with van der Waals surface area (Å²) in [6.07, 6.45) is 0. The third kappa shape index (κ3) is 5.29. The quantitative estimate of drug-likeness (QED) is 0.361. The van der Waals surface area contributed by atoms with Gasteiger partial charge in [0.25, 0.3) is 0 Å². The molecule has 1 saturated heterocycles. The van der Waals surface area contributed by atoms with Crippen molar-refractivity contribution < 1.29 is 14.3 Å². The Morgan fingerprint density at radius 1 is 0.718 bits per heavy atom. The Morgan fingerprint density at radius 2 is 1.31 bits per heavy atom. The molecule has 0 atom stereocenters. The fourth-order valence-corrected chi connectivity index (χ4v) is 5.25. The molecular formula is C32H30N4O3. The van der Waals surface area contributed by atoms with Crippen LogP contribution in [-0.2, 0) is 11.3 Å². The zero-order chi connectivity index (χ0) is 26.6. The second kappa shape index (κ2) is 10.9. The highest BCUT2D eigenvalue weighted by Gasteiger charge is 2.36. The molecule has 0 aliphatic carbocycles. The number of piperazine rings is 1. The zero-order valence-corrected chi connectivity index (χ0v) is 21.5. The third-order valence-electron chi connectivity index (χ3n) is 7.30. The van der Waals surface area contributed by atoms with Crippen LogP contribution in [0.1, 0.15) is 22.6 Å². The number of carbonyl (C=O) groups excluding carboxylic acids is 2. The van der Waals surface area contributed by atoms with Gasteiger partial charge in [-0.2, -0.15) is 0 Å². The second-order valence-corrected chi connectivity index (χ2v) is 9.76. The smallest absolute Gasteiger partial charge is 0.319 e. The summed E-state index contributed by atoms with van der Waals surface area (Å²) in [6, 6.07) is 33.0. The molecule has 39 heavy (non-hydrogen) atoms. The predicted molar refractivity (Wildman–Crippen MR) is 152 cm³/mol. The molecule has 2 N–H and O–H groups in total. The van der Waals surface area contributed by atoms with Gasteiger partial charge in [0.1, 0.15) is 11.5 Å². The summed E-state index contributed by atoms with van der Waals surface area (Å²) in [4.78, 5) is 30.3. The predicted octanol–water partition coefficient (Wildman–Crippen LogP) is 5.59. The lowest BCUT2D eigenvalue weighted by Crippen LogP contribution is -2.50. The second-order valence-electron chi connectivity index (χ2n) is 9.76. The highest BCUT2D eigenvalue weighted by Crippen LogP contribution is 2.44. The van der Waals surface area contributed by atoms with Crippen LogP contribution < -0.4 is 20.3 Å². The van der Waals surface area contributed by atoms with Crippen LogP contribution >= 0.6 is 0 Å². The van der Waals surface area contributed by atoms with E-state index >= 15 is 0 Å². The third-order valence-corrected chi connectivity index (χ3v) is 7.30. The highest BCUT2D eigenvalue weighted by atomic mass is 16.5. The van der Waals surface area contributed by atoms with E-state index in [2.05, 4.69) is 15.5 Å². The number of hydrogen-bond acceptors (Lipinski definition) is 4. The molecule has 6 rings (SSSR count). The van der Waals surface area contributed by atoms with E-state index in [1.807, 2.05) is 108 Å². The van der Waals surface area contributed by atoms with E-state index in [1.54, 1.807) is 0 Å². The molecule has 1 fully saturated rings. The Hall–Kier alpha value is -4.78. The van der Waals surface area contributed by atoms with Gasteiger partial charge in [-0.1, -0.05) is 66.7 Å². The highest BCUT2D eigenvalue weighted by molar-refractivity contribution is 5.90. The standard InChI is InChI=1S/C32H30N4O3/c37-31(30-26-10-4-6-12-28(26)39-29-13-7-5-11-27(29)30)36-20-18-35(19-21-36)25-16-14-24(15-17-25)34-32(38)33-22-23-8-2-1-3-9-23/h1-17,30H,18-22H2,(H2,33,34,38). The molecule has 196 valence electrons. The Balaban J connectivity index is 1.06. The topological polar surface area (TPSA) is 73.9 Å². The van der Waals surface area contributed by atoms with Crippen molar-refractivity contribution in [1.82, 2.24) is 10.2 Å². The van der Waals surface area contributed by atoms with Crippen LogP contribution in [0.4, 0.5) is 16.2 Å². The number of amides is 3. The normalized spacial score (nSPS) is 14.6. The number of urea groups is 1. The van der Waals surface area contributed by atoms with E-state index in [1.165, 1.54) is 0 Å². The largest absolute Gasteiger partial charge is 0.457 e. The molecule has 0 spiro atoms.